The summed E-state index contributed by atoms with van der Waals surface area (Å²) in [5.74, 6) is -0.518. The van der Waals surface area contributed by atoms with Crippen molar-refractivity contribution < 1.29 is 14.7 Å². The number of phenolic OH excluding ortho intramolecular Hbond substituents is 1. The first-order valence-electron chi connectivity index (χ1n) is 7.55. The molecule has 4 atom stereocenters. The fourth-order valence-electron chi connectivity index (χ4n) is 3.89. The number of phenols is 1. The molecule has 5 heteroatoms. The number of aromatic hydroxyl groups is 1. The molecule has 112 valence electrons. The lowest BCUT2D eigenvalue weighted by Gasteiger charge is -2.37. The van der Waals surface area contributed by atoms with E-state index in [2.05, 4.69) is 17.3 Å². The maximum absolute atomic E-state index is 12.5. The quantitative estimate of drug-likeness (QED) is 0.515. The number of para-hydroxylation sites is 1. The minimum atomic E-state index is -0.252. The lowest BCUT2D eigenvalue weighted by molar-refractivity contribution is -0.140. The van der Waals surface area contributed by atoms with Gasteiger partial charge in [-0.1, -0.05) is 24.3 Å². The predicted octanol–water partition coefficient (Wildman–Crippen LogP) is 1.92. The van der Waals surface area contributed by atoms with Gasteiger partial charge in [-0.15, -0.1) is 0 Å². The van der Waals surface area contributed by atoms with Crippen molar-refractivity contribution in [2.45, 2.75) is 12.8 Å². The lowest BCUT2D eigenvalue weighted by Crippen LogP contribution is -2.38. The third kappa shape index (κ3) is 1.81. The van der Waals surface area contributed by atoms with E-state index in [-0.39, 0.29) is 41.2 Å². The molecule has 1 N–H and O–H groups in total. The van der Waals surface area contributed by atoms with E-state index in [1.54, 1.807) is 24.3 Å². The number of nitrogens with zero attached hydrogens (tertiary/aromatic N) is 2. The van der Waals surface area contributed by atoms with E-state index in [0.717, 1.165) is 17.9 Å². The van der Waals surface area contributed by atoms with E-state index < -0.39 is 0 Å². The Labute approximate surface area is 127 Å². The molecule has 2 fully saturated rings. The summed E-state index contributed by atoms with van der Waals surface area (Å²) in [7, 11) is 0. The molecule has 2 bridgehead atoms. The molecule has 2 amide bonds. The van der Waals surface area contributed by atoms with Gasteiger partial charge in [0.2, 0.25) is 0 Å². The van der Waals surface area contributed by atoms with Crippen molar-refractivity contribution in [1.82, 2.24) is 5.01 Å². The topological polar surface area (TPSA) is 70.0 Å². The highest BCUT2D eigenvalue weighted by Gasteiger charge is 2.56. The minimum Gasteiger partial charge on any atom is -0.507 e. The summed E-state index contributed by atoms with van der Waals surface area (Å²) in [6, 6.07) is 6.69. The van der Waals surface area contributed by atoms with E-state index in [9.17, 15) is 14.7 Å². The number of hydrogen-bond donors (Lipinski definition) is 1. The van der Waals surface area contributed by atoms with Gasteiger partial charge in [-0.05, 0) is 36.8 Å². The first kappa shape index (κ1) is 13.2. The second-order valence-electron chi connectivity index (χ2n) is 6.13. The van der Waals surface area contributed by atoms with Crippen molar-refractivity contribution in [1.29, 1.82) is 0 Å². The number of carbonyl (C=O) groups excluding carboxylic acids is 2. The van der Waals surface area contributed by atoms with Gasteiger partial charge in [0, 0.05) is 5.56 Å². The molecule has 4 aliphatic rings. The molecule has 0 radical (unpaired) electrons. The number of fused-ring (bicyclic) bond motifs is 1. The summed E-state index contributed by atoms with van der Waals surface area (Å²) in [6.45, 7) is 0. The predicted molar refractivity (Wildman–Crippen MR) is 79.9 cm³/mol. The SMILES string of the molecule is O=C1[C@@H]2[C@H](C(=O)N1/N=C\c1ccccc1O)[C@H]1C=C[C@H]2CC1. The van der Waals surface area contributed by atoms with Gasteiger partial charge in [0.05, 0.1) is 18.1 Å². The number of carbonyl (C=O) groups is 2. The van der Waals surface area contributed by atoms with Gasteiger partial charge in [0.1, 0.15) is 5.75 Å². The van der Waals surface area contributed by atoms with Crippen molar-refractivity contribution in [2.75, 3.05) is 0 Å². The number of imide groups is 1. The van der Waals surface area contributed by atoms with E-state index in [4.69, 9.17) is 0 Å². The molecule has 3 aliphatic carbocycles. The zero-order chi connectivity index (χ0) is 15.3. The van der Waals surface area contributed by atoms with Crippen molar-refractivity contribution >= 4 is 18.0 Å². The van der Waals surface area contributed by atoms with E-state index in [1.807, 2.05) is 0 Å². The Hall–Kier alpha value is -2.43. The molecule has 1 aliphatic heterocycles. The number of benzene rings is 1. The molecular formula is C17H16N2O3. The van der Waals surface area contributed by atoms with Gasteiger partial charge >= 0.3 is 0 Å². The first-order chi connectivity index (χ1) is 10.7. The number of hydrogen-bond acceptors (Lipinski definition) is 4. The molecule has 1 saturated carbocycles. The van der Waals surface area contributed by atoms with Crippen LogP contribution in [0.15, 0.2) is 41.5 Å². The van der Waals surface area contributed by atoms with E-state index >= 15 is 0 Å². The van der Waals surface area contributed by atoms with Crippen LogP contribution in [-0.2, 0) is 9.59 Å². The van der Waals surface area contributed by atoms with Crippen LogP contribution in [0.4, 0.5) is 0 Å². The number of amides is 2. The Balaban J connectivity index is 1.63. The molecule has 1 saturated heterocycles. The second kappa shape index (κ2) is 4.80. The van der Waals surface area contributed by atoms with E-state index in [1.165, 1.54) is 6.21 Å². The molecule has 0 spiro atoms. The van der Waals surface area contributed by atoms with Gasteiger partial charge in [0.25, 0.3) is 11.8 Å². The Morgan fingerprint density at radius 3 is 2.18 bits per heavy atom. The number of rotatable bonds is 2. The van der Waals surface area contributed by atoms with Crippen molar-refractivity contribution in [3.8, 4) is 5.75 Å². The molecule has 5 nitrogen and oxygen atoms in total. The van der Waals surface area contributed by atoms with Gasteiger partial charge in [-0.2, -0.15) is 10.1 Å². The fraction of sp³-hybridized carbons (Fsp3) is 0.353. The summed E-state index contributed by atoms with van der Waals surface area (Å²) in [6.07, 6.45) is 7.47. The fourth-order valence-corrected chi connectivity index (χ4v) is 3.89. The normalized spacial score (nSPS) is 33.0. The summed E-state index contributed by atoms with van der Waals surface area (Å²) < 4.78 is 0. The third-order valence-electron chi connectivity index (χ3n) is 4.99. The van der Waals surface area contributed by atoms with Crippen LogP contribution < -0.4 is 0 Å². The smallest absolute Gasteiger partial charge is 0.254 e. The Bertz CT molecular complexity index is 678. The largest absolute Gasteiger partial charge is 0.507 e. The van der Waals surface area contributed by atoms with Crippen LogP contribution in [0.25, 0.3) is 0 Å². The third-order valence-corrected chi connectivity index (χ3v) is 4.99. The van der Waals surface area contributed by atoms with Crippen LogP contribution in [-0.4, -0.2) is 28.1 Å². The van der Waals surface area contributed by atoms with Crippen LogP contribution in [0.2, 0.25) is 0 Å². The summed E-state index contributed by atoms with van der Waals surface area (Å²) in [5, 5.41) is 14.8. The standard InChI is InChI=1S/C17H16N2O3/c20-13-4-2-1-3-12(13)9-18-19-16(21)14-10-5-6-11(8-7-10)15(14)17(19)22/h1-6,9-11,14-15,20H,7-8H2/b18-9-/t10-,11-,14-,15+/m0/s1. The highest BCUT2D eigenvalue weighted by atomic mass is 16.3. The zero-order valence-electron chi connectivity index (χ0n) is 11.9. The van der Waals surface area contributed by atoms with Crippen LogP contribution in [0, 0.1) is 23.7 Å². The maximum atomic E-state index is 12.5. The molecule has 0 aromatic heterocycles. The lowest BCUT2D eigenvalue weighted by atomic mass is 9.63. The van der Waals surface area contributed by atoms with Crippen molar-refractivity contribution in [2.24, 2.45) is 28.8 Å². The molecule has 0 unspecified atom stereocenters. The number of hydrazone groups is 1. The molecule has 5 rings (SSSR count). The molecule has 22 heavy (non-hydrogen) atoms. The summed E-state index contributed by atoms with van der Waals surface area (Å²) >= 11 is 0. The molecule has 1 aromatic carbocycles. The second-order valence-corrected chi connectivity index (χ2v) is 6.13. The summed E-state index contributed by atoms with van der Waals surface area (Å²) in [4.78, 5) is 25.1. The minimum absolute atomic E-state index is 0.0736. The van der Waals surface area contributed by atoms with Crippen molar-refractivity contribution in [3.63, 3.8) is 0 Å². The van der Waals surface area contributed by atoms with Gasteiger partial charge in [-0.3, -0.25) is 9.59 Å². The van der Waals surface area contributed by atoms with Gasteiger partial charge < -0.3 is 5.11 Å². The van der Waals surface area contributed by atoms with Crippen LogP contribution >= 0.6 is 0 Å². The van der Waals surface area contributed by atoms with Crippen LogP contribution in [0.3, 0.4) is 0 Å². The average molecular weight is 296 g/mol. The van der Waals surface area contributed by atoms with Crippen LogP contribution in [0.5, 0.6) is 5.75 Å². The Morgan fingerprint density at radius 2 is 1.64 bits per heavy atom. The highest BCUT2D eigenvalue weighted by Crippen LogP contribution is 2.49. The van der Waals surface area contributed by atoms with E-state index in [0.29, 0.717) is 5.56 Å². The first-order valence-corrected chi connectivity index (χ1v) is 7.55. The monoisotopic (exact) mass is 296 g/mol. The Morgan fingerprint density at radius 1 is 1.05 bits per heavy atom. The molecule has 1 heterocycles. The van der Waals surface area contributed by atoms with Gasteiger partial charge in [-0.25, -0.2) is 0 Å². The van der Waals surface area contributed by atoms with Crippen molar-refractivity contribution in [3.05, 3.63) is 42.0 Å². The highest BCUT2D eigenvalue weighted by molar-refractivity contribution is 6.06. The maximum Gasteiger partial charge on any atom is 0.254 e. The summed E-state index contributed by atoms with van der Waals surface area (Å²) in [5.41, 5.74) is 0.485. The van der Waals surface area contributed by atoms with Crippen LogP contribution in [0.1, 0.15) is 18.4 Å². The number of allylic oxidation sites excluding steroid dienone is 2. The molecule has 1 aromatic rings. The average Bonchev–Trinajstić information content (AvgIpc) is 2.82. The van der Waals surface area contributed by atoms with Gasteiger partial charge in [0.15, 0.2) is 0 Å². The zero-order valence-corrected chi connectivity index (χ0v) is 11.9. The Kier molecular flexibility index (Phi) is 2.89. The molecular weight excluding hydrogens is 280 g/mol.